The Morgan fingerprint density at radius 2 is 1.82 bits per heavy atom. The number of fused-ring (bicyclic) bond motifs is 2. The second-order valence-corrected chi connectivity index (χ2v) is 20.3. The molecule has 5 fully saturated rings. The minimum atomic E-state index is -3.75. The highest BCUT2D eigenvalue weighted by atomic mass is 32.2. The summed E-state index contributed by atoms with van der Waals surface area (Å²) in [6.07, 6.45) is 12.5. The third kappa shape index (κ3) is 8.23. The lowest BCUT2D eigenvalue weighted by atomic mass is 9.92. The maximum absolute atomic E-state index is 13.9. The molecule has 2 unspecified atom stereocenters. The number of likely N-dealkylation sites (N-methyl/N-ethyl adjacent to an activating group) is 1. The zero-order chi connectivity index (χ0) is 42.6. The summed E-state index contributed by atoms with van der Waals surface area (Å²) < 4.78 is 31.0. The van der Waals surface area contributed by atoms with E-state index in [4.69, 9.17) is 4.98 Å². The summed E-state index contributed by atoms with van der Waals surface area (Å²) in [6, 6.07) is 6.03. The van der Waals surface area contributed by atoms with Gasteiger partial charge < -0.3 is 25.5 Å². The predicted octanol–water partition coefficient (Wildman–Crippen LogP) is 2.99. The van der Waals surface area contributed by atoms with Crippen molar-refractivity contribution in [2.24, 2.45) is 5.92 Å². The van der Waals surface area contributed by atoms with Crippen molar-refractivity contribution in [3.8, 4) is 0 Å². The van der Waals surface area contributed by atoms with Crippen molar-refractivity contribution < 1.29 is 27.9 Å². The van der Waals surface area contributed by atoms with Gasteiger partial charge in [0.05, 0.1) is 24.3 Å². The Kier molecular flexibility index (Phi) is 11.3. The average molecular weight is 858 g/mol. The molecule has 6 heterocycles. The fourth-order valence-electron chi connectivity index (χ4n) is 10.3. The van der Waals surface area contributed by atoms with E-state index in [1.165, 1.54) is 11.9 Å². The first-order valence-corrected chi connectivity index (χ1v) is 23.6. The number of anilines is 4. The van der Waals surface area contributed by atoms with Crippen LogP contribution in [0.1, 0.15) is 88.7 Å². The Bertz CT molecular complexity index is 2270. The van der Waals surface area contributed by atoms with Gasteiger partial charge in [-0.1, -0.05) is 6.92 Å². The number of hydrogen-bond acceptors (Lipinski definition) is 13. The van der Waals surface area contributed by atoms with Crippen LogP contribution in [0.15, 0.2) is 41.7 Å². The summed E-state index contributed by atoms with van der Waals surface area (Å²) in [4.78, 5) is 53.7. The van der Waals surface area contributed by atoms with Crippen LogP contribution in [-0.4, -0.2) is 130 Å². The highest BCUT2D eigenvalue weighted by Gasteiger charge is 2.61. The van der Waals surface area contributed by atoms with Crippen LogP contribution >= 0.6 is 0 Å². The molecule has 4 N–H and O–H groups in total. The van der Waals surface area contributed by atoms with Gasteiger partial charge in [-0.3, -0.25) is 29.3 Å². The first-order valence-electron chi connectivity index (χ1n) is 22.1. The van der Waals surface area contributed by atoms with E-state index < -0.39 is 27.6 Å². The molecule has 18 heteroatoms. The van der Waals surface area contributed by atoms with Crippen LogP contribution in [-0.2, 0) is 36.4 Å². The Balaban J connectivity index is 0.748. The van der Waals surface area contributed by atoms with E-state index in [1.807, 2.05) is 17.9 Å². The smallest absolute Gasteiger partial charge is 0.249 e. The molecule has 2 saturated carbocycles. The van der Waals surface area contributed by atoms with Crippen molar-refractivity contribution >= 4 is 50.9 Å². The number of piperidine rings is 3. The lowest BCUT2D eigenvalue weighted by molar-refractivity contribution is -0.133. The topological polar surface area (TPSA) is 198 Å². The van der Waals surface area contributed by atoms with E-state index in [9.17, 15) is 27.9 Å². The second-order valence-electron chi connectivity index (χ2n) is 18.3. The standard InChI is InChI=1S/C43H59N11O6S/c1-27-21-29(46-36-8-10-38(56)48-40(36)57)7-9-37(27)51-16-11-30(12-17-51)50(3)19-20-52-26-33(23-45-52)61(59,60)53-18-13-35(28(2)25-53)47-42-44-24-34-39(49-42)54(41(58)43(34)14-15-43)31-5-4-6-32(55)22-31/h7,9,21,23-24,26,28,30-32,35-36,46,55H,4-6,8,10-20,22,25H2,1-3H3,(H,44,47,49)(H,48,56,57)/t28-,31?,32+,35-,36?/m0/s1. The van der Waals surface area contributed by atoms with E-state index in [0.717, 1.165) is 81.4 Å². The summed E-state index contributed by atoms with van der Waals surface area (Å²) in [7, 11) is -1.63. The molecule has 2 aliphatic carbocycles. The van der Waals surface area contributed by atoms with Crippen LogP contribution in [0.5, 0.6) is 0 Å². The number of aromatic nitrogens is 4. The number of aryl methyl sites for hydroxylation is 1. The molecule has 3 saturated heterocycles. The number of imide groups is 1. The van der Waals surface area contributed by atoms with Gasteiger partial charge in [0.2, 0.25) is 33.7 Å². The zero-order valence-corrected chi connectivity index (χ0v) is 36.2. The summed E-state index contributed by atoms with van der Waals surface area (Å²) in [6.45, 7) is 7.94. The number of nitrogens with one attached hydrogen (secondary N) is 3. The van der Waals surface area contributed by atoms with E-state index in [-0.39, 0.29) is 40.6 Å². The van der Waals surface area contributed by atoms with Crippen LogP contribution in [0.3, 0.4) is 0 Å². The Labute approximate surface area is 357 Å². The molecule has 0 bridgehead atoms. The third-order valence-electron chi connectivity index (χ3n) is 14.2. The largest absolute Gasteiger partial charge is 0.393 e. The molecular formula is C43H59N11O6S. The normalized spacial score (nSPS) is 27.1. The van der Waals surface area contributed by atoms with Crippen molar-refractivity contribution in [1.82, 2.24) is 34.3 Å². The Morgan fingerprint density at radius 1 is 1.02 bits per heavy atom. The SMILES string of the molecule is Cc1cc(NC2CCC(=O)NC2=O)ccc1N1CCC(N(C)CCn2cc(S(=O)(=O)N3CC[C@H](Nc4ncc5c(n4)N(C4CCC[C@@H](O)C4)C(=O)C54CC4)[C@@H](C)C3)cn2)CC1. The summed E-state index contributed by atoms with van der Waals surface area (Å²) in [5, 5.41) is 24.0. The summed E-state index contributed by atoms with van der Waals surface area (Å²) >= 11 is 0. The van der Waals surface area contributed by atoms with Gasteiger partial charge in [-0.2, -0.15) is 14.4 Å². The maximum Gasteiger partial charge on any atom is 0.249 e. The van der Waals surface area contributed by atoms with Gasteiger partial charge in [0.1, 0.15) is 16.8 Å². The molecule has 4 aliphatic heterocycles. The molecule has 6 aliphatic rings. The molecule has 0 radical (unpaired) electrons. The predicted molar refractivity (Wildman–Crippen MR) is 230 cm³/mol. The molecule has 9 rings (SSSR count). The molecular weight excluding hydrogens is 799 g/mol. The third-order valence-corrected chi connectivity index (χ3v) is 16.0. The van der Waals surface area contributed by atoms with Gasteiger partial charge in [-0.15, -0.1) is 0 Å². The Hall–Kier alpha value is -4.65. The number of aliphatic hydroxyl groups excluding tert-OH is 1. The lowest BCUT2D eigenvalue weighted by Gasteiger charge is -2.38. The first-order chi connectivity index (χ1) is 29.3. The fourth-order valence-corrected chi connectivity index (χ4v) is 11.8. The average Bonchev–Trinajstić information content (AvgIpc) is 3.83. The number of rotatable bonds is 12. The van der Waals surface area contributed by atoms with E-state index in [0.29, 0.717) is 63.1 Å². The number of amides is 3. The van der Waals surface area contributed by atoms with Gasteiger partial charge in [0.15, 0.2) is 0 Å². The summed E-state index contributed by atoms with van der Waals surface area (Å²) in [5.41, 5.74) is 3.55. The molecule has 5 atom stereocenters. The van der Waals surface area contributed by atoms with Crippen LogP contribution in [0.4, 0.5) is 23.1 Å². The highest BCUT2D eigenvalue weighted by Crippen LogP contribution is 2.57. The number of carbonyl (C=O) groups excluding carboxylic acids is 3. The van der Waals surface area contributed by atoms with Gasteiger partial charge in [0.25, 0.3) is 0 Å². The number of nitrogens with zero attached hydrogens (tertiary/aromatic N) is 8. The molecule has 1 aromatic carbocycles. The molecule has 328 valence electrons. The number of benzene rings is 1. The highest BCUT2D eigenvalue weighted by molar-refractivity contribution is 7.89. The zero-order valence-electron chi connectivity index (χ0n) is 35.4. The van der Waals surface area contributed by atoms with E-state index in [1.54, 1.807) is 21.4 Å². The van der Waals surface area contributed by atoms with Crippen LogP contribution in [0.2, 0.25) is 0 Å². The van der Waals surface area contributed by atoms with Gasteiger partial charge in [-0.05, 0) is 108 Å². The molecule has 2 aromatic heterocycles. The van der Waals surface area contributed by atoms with E-state index >= 15 is 0 Å². The number of sulfonamides is 1. The quantitative estimate of drug-likeness (QED) is 0.194. The van der Waals surface area contributed by atoms with Crippen molar-refractivity contribution in [1.29, 1.82) is 0 Å². The molecule has 1 spiro atoms. The van der Waals surface area contributed by atoms with Gasteiger partial charge >= 0.3 is 0 Å². The first kappa shape index (κ1) is 41.7. The van der Waals surface area contributed by atoms with Crippen LogP contribution in [0, 0.1) is 12.8 Å². The van der Waals surface area contributed by atoms with Crippen molar-refractivity contribution in [3.63, 3.8) is 0 Å². The van der Waals surface area contributed by atoms with Gasteiger partial charge in [-0.25, -0.2) is 13.4 Å². The number of carbonyl (C=O) groups is 3. The van der Waals surface area contributed by atoms with Crippen LogP contribution in [0.25, 0.3) is 0 Å². The monoisotopic (exact) mass is 857 g/mol. The van der Waals surface area contributed by atoms with Crippen molar-refractivity contribution in [2.45, 2.75) is 132 Å². The number of aliphatic hydroxyl groups is 1. The molecule has 3 aromatic rings. The summed E-state index contributed by atoms with van der Waals surface area (Å²) in [5.74, 6) is 0.668. The van der Waals surface area contributed by atoms with E-state index in [2.05, 4.69) is 61.9 Å². The van der Waals surface area contributed by atoms with Crippen molar-refractivity contribution in [3.05, 3.63) is 47.9 Å². The Morgan fingerprint density at radius 3 is 2.54 bits per heavy atom. The maximum atomic E-state index is 13.9. The lowest BCUT2D eigenvalue weighted by Crippen LogP contribution is -2.47. The molecule has 3 amide bonds. The number of hydrogen-bond donors (Lipinski definition) is 4. The molecule has 61 heavy (non-hydrogen) atoms. The second kappa shape index (κ2) is 16.6. The molecule has 17 nitrogen and oxygen atoms in total. The van der Waals surface area contributed by atoms with Crippen molar-refractivity contribution in [2.75, 3.05) is 60.2 Å². The van der Waals surface area contributed by atoms with Crippen LogP contribution < -0.4 is 25.8 Å². The minimum absolute atomic E-state index is 0.0261. The minimum Gasteiger partial charge on any atom is -0.393 e. The van der Waals surface area contributed by atoms with Gasteiger partial charge in [0, 0.05) is 86.6 Å². The fraction of sp³-hybridized carbons (Fsp3) is 0.628.